The van der Waals surface area contributed by atoms with Gasteiger partial charge in [-0.05, 0) is 37.7 Å². The van der Waals surface area contributed by atoms with E-state index in [0.29, 0.717) is 12.8 Å². The third kappa shape index (κ3) is 5.94. The average Bonchev–Trinajstić information content (AvgIpc) is 3.59. The number of nitrogens with zero attached hydrogens (tertiary/aromatic N) is 2. The van der Waals surface area contributed by atoms with E-state index in [4.69, 9.17) is 9.47 Å². The summed E-state index contributed by atoms with van der Waals surface area (Å²) in [5.74, 6) is -3.36. The molecule has 10 heteroatoms. The highest BCUT2D eigenvalue weighted by molar-refractivity contribution is 6.00. The summed E-state index contributed by atoms with van der Waals surface area (Å²) in [6.45, 7) is 10.1. The van der Waals surface area contributed by atoms with Crippen molar-refractivity contribution in [1.82, 2.24) is 15.1 Å². The smallest absolute Gasteiger partial charge is 0.306 e. The van der Waals surface area contributed by atoms with E-state index < -0.39 is 58.9 Å². The monoisotopic (exact) mass is 607 g/mol. The van der Waals surface area contributed by atoms with Crippen molar-refractivity contribution < 1.29 is 33.8 Å². The number of carbonyl (C=O) groups excluding carboxylic acids is 4. The first kappa shape index (κ1) is 31.9. The third-order valence-electron chi connectivity index (χ3n) is 9.11. The number of allylic oxidation sites excluding steroid dienone is 1. The van der Waals surface area contributed by atoms with Crippen LogP contribution in [-0.2, 0) is 28.7 Å². The van der Waals surface area contributed by atoms with Crippen LogP contribution in [0.3, 0.4) is 0 Å². The minimum absolute atomic E-state index is 0.0599. The van der Waals surface area contributed by atoms with Crippen LogP contribution >= 0.6 is 0 Å². The number of esters is 1. The topological polar surface area (TPSA) is 125 Å². The molecule has 5 bridgehead atoms. The molecule has 4 heterocycles. The van der Waals surface area contributed by atoms with Gasteiger partial charge in [-0.2, -0.15) is 0 Å². The normalized spacial score (nSPS) is 32.1. The maximum Gasteiger partial charge on any atom is 0.306 e. The number of nitrogens with one attached hydrogen (secondary N) is 1. The molecule has 3 amide bonds. The van der Waals surface area contributed by atoms with Crippen LogP contribution in [0.2, 0.25) is 0 Å². The summed E-state index contributed by atoms with van der Waals surface area (Å²) in [5, 5.41) is 13.0. The van der Waals surface area contributed by atoms with E-state index in [9.17, 15) is 24.3 Å². The van der Waals surface area contributed by atoms with Gasteiger partial charge in [0, 0.05) is 25.0 Å². The van der Waals surface area contributed by atoms with Crippen LogP contribution in [0.25, 0.3) is 0 Å². The van der Waals surface area contributed by atoms with Crippen LogP contribution in [0.15, 0.2) is 54.6 Å². The van der Waals surface area contributed by atoms with Gasteiger partial charge in [0.2, 0.25) is 17.7 Å². The Hall–Kier alpha value is -3.50. The number of amides is 3. The summed E-state index contributed by atoms with van der Waals surface area (Å²) in [7, 11) is 0. The summed E-state index contributed by atoms with van der Waals surface area (Å²) in [5.41, 5.74) is -1.32. The quantitative estimate of drug-likeness (QED) is 0.390. The first-order chi connectivity index (χ1) is 20.8. The van der Waals surface area contributed by atoms with E-state index in [1.807, 2.05) is 56.3 Å². The fourth-order valence-corrected chi connectivity index (χ4v) is 7.69. The fraction of sp³-hybridized carbons (Fsp3) is 0.588. The van der Waals surface area contributed by atoms with Crippen molar-refractivity contribution in [3.05, 3.63) is 60.2 Å². The molecule has 1 aromatic carbocycles. The molecule has 0 saturated carbocycles. The lowest BCUT2D eigenvalue weighted by atomic mass is 9.73. The van der Waals surface area contributed by atoms with Crippen molar-refractivity contribution >= 4 is 23.7 Å². The number of likely N-dealkylation sites (tertiary alicyclic amines) is 1. The summed E-state index contributed by atoms with van der Waals surface area (Å²) < 4.78 is 12.1. The molecular weight excluding hydrogens is 562 g/mol. The number of β-amino-alcohol motifs (C(OH)–C–C–N with tert-alkyl or cyclic N) is 1. The fourth-order valence-electron chi connectivity index (χ4n) is 7.69. The number of cyclic esters (lactones) is 1. The highest BCUT2D eigenvalue weighted by atomic mass is 16.5. The maximum atomic E-state index is 14.8. The van der Waals surface area contributed by atoms with Crippen molar-refractivity contribution in [2.24, 2.45) is 17.3 Å². The highest BCUT2D eigenvalue weighted by Gasteiger charge is 2.73. The number of fused-ring (bicyclic) bond motifs is 2. The van der Waals surface area contributed by atoms with Crippen LogP contribution in [0, 0.1) is 17.3 Å². The molecule has 10 nitrogen and oxygen atoms in total. The summed E-state index contributed by atoms with van der Waals surface area (Å²) >= 11 is 0. The zero-order valence-electron chi connectivity index (χ0n) is 26.3. The Kier molecular flexibility index (Phi) is 8.79. The van der Waals surface area contributed by atoms with Gasteiger partial charge in [-0.1, -0.05) is 75.4 Å². The van der Waals surface area contributed by atoms with E-state index in [-0.39, 0.29) is 44.0 Å². The molecule has 0 aliphatic carbocycles. The van der Waals surface area contributed by atoms with Crippen LogP contribution in [-0.4, -0.2) is 88.2 Å². The van der Waals surface area contributed by atoms with Crippen LogP contribution in [0.4, 0.5) is 0 Å². The van der Waals surface area contributed by atoms with Crippen LogP contribution < -0.4 is 5.32 Å². The van der Waals surface area contributed by atoms with Crippen molar-refractivity contribution in [3.8, 4) is 0 Å². The Morgan fingerprint density at radius 3 is 2.43 bits per heavy atom. The molecule has 5 rings (SSSR count). The van der Waals surface area contributed by atoms with Crippen molar-refractivity contribution in [3.63, 3.8) is 0 Å². The number of aliphatic hydroxyl groups excluding tert-OH is 1. The molecule has 1 spiro atoms. The van der Waals surface area contributed by atoms with Crippen molar-refractivity contribution in [2.45, 2.75) is 83.2 Å². The number of hydrogen-bond donors (Lipinski definition) is 2. The van der Waals surface area contributed by atoms with Gasteiger partial charge in [0.1, 0.15) is 18.2 Å². The van der Waals surface area contributed by atoms with Crippen molar-refractivity contribution in [1.29, 1.82) is 0 Å². The SMILES string of the molecule is CC(C)(C)CC(C)(C)N1C/C=C\CCC(=O)OC[C@@H](c2ccccc2)NC(=O)[C@@H]2[C@@H]3C=C[C@]4(O3)[C@H](C1=O)N(CCO)C(=O)[C@@H]24. The third-order valence-corrected chi connectivity index (χ3v) is 9.11. The first-order valence-electron chi connectivity index (χ1n) is 15.5. The van der Waals surface area contributed by atoms with Gasteiger partial charge >= 0.3 is 5.97 Å². The van der Waals surface area contributed by atoms with Crippen molar-refractivity contribution in [2.75, 3.05) is 26.3 Å². The molecule has 2 saturated heterocycles. The molecular formula is C34H45N3O7. The average molecular weight is 608 g/mol. The summed E-state index contributed by atoms with van der Waals surface area (Å²) in [6, 6.07) is 7.52. The molecule has 1 aromatic rings. The number of ether oxygens (including phenoxy) is 2. The molecule has 2 N–H and O–H groups in total. The zero-order chi connectivity index (χ0) is 31.9. The minimum atomic E-state index is -1.35. The molecule has 0 unspecified atom stereocenters. The molecule has 6 atom stereocenters. The molecule has 4 aliphatic heterocycles. The van der Waals surface area contributed by atoms with Gasteiger partial charge in [-0.15, -0.1) is 0 Å². The standard InChI is InChI=1S/C34H45N3O7/c1-32(2,3)21-33(4,5)37-17-11-7-10-14-25(39)43-20-23(22-12-8-6-9-13-22)35-29(40)26-24-15-16-34(44-24)27(26)30(41)36(18-19-38)28(34)31(37)42/h6-9,11-13,15-16,23-24,26-28,38H,10,14,17-21H2,1-5H3,(H,35,40)/b11-7-/t23-,24-,26+,27+,28-,34+/m0/s1. The lowest BCUT2D eigenvalue weighted by Gasteiger charge is -2.45. The van der Waals surface area contributed by atoms with E-state index >= 15 is 0 Å². The number of carbonyl (C=O) groups is 4. The zero-order valence-corrected chi connectivity index (χ0v) is 26.3. The van der Waals surface area contributed by atoms with Gasteiger partial charge in [0.15, 0.2) is 0 Å². The number of aliphatic hydroxyl groups is 1. The number of rotatable bonds is 5. The minimum Gasteiger partial charge on any atom is -0.463 e. The Bertz CT molecular complexity index is 1330. The maximum absolute atomic E-state index is 14.8. The van der Waals surface area contributed by atoms with E-state index in [2.05, 4.69) is 26.1 Å². The summed E-state index contributed by atoms with van der Waals surface area (Å²) in [4.78, 5) is 58.8. The predicted molar refractivity (Wildman–Crippen MR) is 163 cm³/mol. The Balaban J connectivity index is 1.58. The molecule has 2 fully saturated rings. The van der Waals surface area contributed by atoms with E-state index in [0.717, 1.165) is 5.56 Å². The Labute approximate surface area is 259 Å². The van der Waals surface area contributed by atoms with Gasteiger partial charge in [-0.3, -0.25) is 19.2 Å². The largest absolute Gasteiger partial charge is 0.463 e. The van der Waals surface area contributed by atoms with E-state index in [1.54, 1.807) is 17.1 Å². The van der Waals surface area contributed by atoms with Crippen LogP contribution in [0.5, 0.6) is 0 Å². The number of hydrogen-bond acceptors (Lipinski definition) is 7. The number of benzene rings is 1. The van der Waals surface area contributed by atoms with Crippen LogP contribution in [0.1, 0.15) is 65.5 Å². The Morgan fingerprint density at radius 1 is 1.02 bits per heavy atom. The molecule has 0 aromatic heterocycles. The van der Waals surface area contributed by atoms with Gasteiger partial charge in [0.25, 0.3) is 0 Å². The molecule has 44 heavy (non-hydrogen) atoms. The molecule has 0 radical (unpaired) electrons. The van der Waals surface area contributed by atoms with Gasteiger partial charge in [-0.25, -0.2) is 0 Å². The second-order valence-corrected chi connectivity index (χ2v) is 14.1. The first-order valence-corrected chi connectivity index (χ1v) is 15.5. The lowest BCUT2D eigenvalue weighted by molar-refractivity contribution is -0.152. The lowest BCUT2D eigenvalue weighted by Crippen LogP contribution is -2.61. The summed E-state index contributed by atoms with van der Waals surface area (Å²) in [6.07, 6.45) is 7.83. The predicted octanol–water partition coefficient (Wildman–Crippen LogP) is 2.92. The second kappa shape index (κ2) is 12.1. The molecule has 4 aliphatic rings. The van der Waals surface area contributed by atoms with Gasteiger partial charge in [0.05, 0.1) is 30.6 Å². The van der Waals surface area contributed by atoms with E-state index in [1.165, 1.54) is 4.90 Å². The Morgan fingerprint density at radius 2 is 1.75 bits per heavy atom. The molecule has 238 valence electrons. The van der Waals surface area contributed by atoms with Gasteiger partial charge < -0.3 is 29.7 Å². The highest BCUT2D eigenvalue weighted by Crippen LogP contribution is 2.55. The second-order valence-electron chi connectivity index (χ2n) is 14.1.